The number of rotatable bonds is 4. The Kier molecular flexibility index (Phi) is 4.93. The number of halogens is 1. The molecule has 0 saturated carbocycles. The van der Waals surface area contributed by atoms with Crippen molar-refractivity contribution < 1.29 is 9.59 Å². The molecule has 0 aliphatic rings. The number of hydrogen-bond acceptors (Lipinski definition) is 4. The minimum atomic E-state index is -0.424. The molecule has 1 aromatic heterocycles. The lowest BCUT2D eigenvalue weighted by Gasteiger charge is -2.07. The number of nitrogens with one attached hydrogen (secondary N) is 1. The molecule has 0 unspecified atom stereocenters. The minimum Gasteiger partial charge on any atom is -0.398 e. The molecule has 0 saturated heterocycles. The van der Waals surface area contributed by atoms with Crippen LogP contribution in [-0.4, -0.2) is 22.1 Å². The molecule has 0 fully saturated rings. The van der Waals surface area contributed by atoms with Crippen LogP contribution in [0.15, 0.2) is 41.4 Å². The Morgan fingerprint density at radius 1 is 1.38 bits per heavy atom. The number of amides is 2. The van der Waals surface area contributed by atoms with Crippen molar-refractivity contribution in [3.8, 4) is 0 Å². The van der Waals surface area contributed by atoms with Gasteiger partial charge in [0.1, 0.15) is 5.69 Å². The zero-order valence-corrected chi connectivity index (χ0v) is 12.9. The van der Waals surface area contributed by atoms with Gasteiger partial charge in [-0.3, -0.25) is 14.9 Å². The van der Waals surface area contributed by atoms with Crippen LogP contribution < -0.4 is 11.1 Å². The summed E-state index contributed by atoms with van der Waals surface area (Å²) in [6, 6.07) is 8.43. The summed E-state index contributed by atoms with van der Waals surface area (Å²) in [6.07, 6.45) is 1.74. The second-order valence-electron chi connectivity index (χ2n) is 4.35. The second kappa shape index (κ2) is 6.69. The fraction of sp³-hybridized carbons (Fsp3) is 0.143. The first-order chi connectivity index (χ1) is 9.97. The van der Waals surface area contributed by atoms with Gasteiger partial charge in [-0.1, -0.05) is 11.6 Å². The van der Waals surface area contributed by atoms with Gasteiger partial charge < -0.3 is 10.3 Å². The van der Waals surface area contributed by atoms with E-state index in [4.69, 9.17) is 17.3 Å². The van der Waals surface area contributed by atoms with Crippen LogP contribution in [0.3, 0.4) is 0 Å². The minimum absolute atomic E-state index is 0.0840. The van der Waals surface area contributed by atoms with E-state index in [9.17, 15) is 9.59 Å². The molecule has 1 heterocycles. The van der Waals surface area contributed by atoms with Gasteiger partial charge >= 0.3 is 0 Å². The van der Waals surface area contributed by atoms with E-state index in [0.29, 0.717) is 21.3 Å². The zero-order valence-electron chi connectivity index (χ0n) is 11.3. The SMILES string of the molecule is Cn1cccc1C(=O)NC(=O)CSc1cc(Cl)ccc1N. The van der Waals surface area contributed by atoms with E-state index in [1.807, 2.05) is 0 Å². The second-order valence-corrected chi connectivity index (χ2v) is 5.81. The Balaban J connectivity index is 1.92. The first-order valence-corrected chi connectivity index (χ1v) is 7.47. The summed E-state index contributed by atoms with van der Waals surface area (Å²) in [6.45, 7) is 0. The van der Waals surface area contributed by atoms with Crippen molar-refractivity contribution in [3.63, 3.8) is 0 Å². The van der Waals surface area contributed by atoms with Crippen LogP contribution in [0.1, 0.15) is 10.5 Å². The maximum Gasteiger partial charge on any atom is 0.274 e. The molecule has 0 aliphatic heterocycles. The average molecular weight is 324 g/mol. The Morgan fingerprint density at radius 2 is 2.14 bits per heavy atom. The van der Waals surface area contributed by atoms with Crippen molar-refractivity contribution >= 4 is 40.9 Å². The summed E-state index contributed by atoms with van der Waals surface area (Å²) in [4.78, 5) is 24.4. The number of benzene rings is 1. The molecule has 0 atom stereocenters. The lowest BCUT2D eigenvalue weighted by Crippen LogP contribution is -2.32. The molecule has 3 N–H and O–H groups in total. The maximum absolute atomic E-state index is 11.9. The number of thioether (sulfide) groups is 1. The molecule has 0 aliphatic carbocycles. The van der Waals surface area contributed by atoms with Gasteiger partial charge in [-0.05, 0) is 30.3 Å². The summed E-state index contributed by atoms with van der Waals surface area (Å²) in [5.74, 6) is -0.724. The molecular formula is C14H14ClN3O2S. The van der Waals surface area contributed by atoms with E-state index >= 15 is 0 Å². The zero-order chi connectivity index (χ0) is 15.4. The van der Waals surface area contributed by atoms with Crippen molar-refractivity contribution in [2.24, 2.45) is 7.05 Å². The normalized spacial score (nSPS) is 10.4. The molecular weight excluding hydrogens is 310 g/mol. The van der Waals surface area contributed by atoms with Crippen LogP contribution in [0, 0.1) is 0 Å². The summed E-state index contributed by atoms with van der Waals surface area (Å²) < 4.78 is 1.64. The summed E-state index contributed by atoms with van der Waals surface area (Å²) >= 11 is 7.11. The van der Waals surface area contributed by atoms with Crippen molar-refractivity contribution in [1.29, 1.82) is 0 Å². The highest BCUT2D eigenvalue weighted by Gasteiger charge is 2.13. The van der Waals surface area contributed by atoms with Crippen molar-refractivity contribution in [2.75, 3.05) is 11.5 Å². The van der Waals surface area contributed by atoms with E-state index in [2.05, 4.69) is 5.32 Å². The summed E-state index contributed by atoms with van der Waals surface area (Å²) in [5, 5.41) is 2.88. The molecule has 0 bridgehead atoms. The first kappa shape index (κ1) is 15.5. The number of carbonyl (C=O) groups is 2. The Morgan fingerprint density at radius 3 is 2.81 bits per heavy atom. The largest absolute Gasteiger partial charge is 0.398 e. The lowest BCUT2D eigenvalue weighted by atomic mass is 10.3. The number of hydrogen-bond donors (Lipinski definition) is 2. The highest BCUT2D eigenvalue weighted by molar-refractivity contribution is 8.00. The van der Waals surface area contributed by atoms with E-state index in [-0.39, 0.29) is 11.7 Å². The third-order valence-corrected chi connectivity index (χ3v) is 4.07. The fourth-order valence-electron chi connectivity index (χ4n) is 1.70. The number of nitrogens with zero attached hydrogens (tertiary/aromatic N) is 1. The number of aromatic nitrogens is 1. The predicted octanol–water partition coefficient (Wildman–Crippen LogP) is 2.31. The molecule has 0 spiro atoms. The third-order valence-electron chi connectivity index (χ3n) is 2.76. The first-order valence-electron chi connectivity index (χ1n) is 6.10. The van der Waals surface area contributed by atoms with E-state index in [0.717, 1.165) is 0 Å². The molecule has 7 heteroatoms. The van der Waals surface area contributed by atoms with Gasteiger partial charge in [-0.15, -0.1) is 11.8 Å². The molecule has 2 rings (SSSR count). The van der Waals surface area contributed by atoms with E-state index in [1.54, 1.807) is 48.1 Å². The number of nitrogen functional groups attached to an aromatic ring is 1. The van der Waals surface area contributed by atoms with Gasteiger partial charge in [0.25, 0.3) is 5.91 Å². The average Bonchev–Trinajstić information content (AvgIpc) is 2.86. The smallest absolute Gasteiger partial charge is 0.274 e. The van der Waals surface area contributed by atoms with Gasteiger partial charge in [0.2, 0.25) is 5.91 Å². The monoisotopic (exact) mass is 323 g/mol. The standard InChI is InChI=1S/C14H14ClN3O2S/c1-18-6-2-3-11(18)14(20)17-13(19)8-21-12-7-9(15)4-5-10(12)16/h2-7H,8,16H2,1H3,(H,17,19,20). The summed E-state index contributed by atoms with van der Waals surface area (Å²) in [7, 11) is 1.74. The lowest BCUT2D eigenvalue weighted by molar-refractivity contribution is -0.117. The Labute approximate surface area is 131 Å². The highest BCUT2D eigenvalue weighted by atomic mass is 35.5. The number of anilines is 1. The van der Waals surface area contributed by atoms with Crippen LogP contribution in [0.25, 0.3) is 0 Å². The van der Waals surface area contributed by atoms with Crippen LogP contribution in [0.2, 0.25) is 5.02 Å². The van der Waals surface area contributed by atoms with Gasteiger partial charge in [-0.2, -0.15) is 0 Å². The van der Waals surface area contributed by atoms with E-state index < -0.39 is 5.91 Å². The van der Waals surface area contributed by atoms with Crippen molar-refractivity contribution in [1.82, 2.24) is 9.88 Å². The molecule has 5 nitrogen and oxygen atoms in total. The maximum atomic E-state index is 11.9. The van der Waals surface area contributed by atoms with Crippen LogP contribution >= 0.6 is 23.4 Å². The molecule has 2 amide bonds. The Hall–Kier alpha value is -1.92. The van der Waals surface area contributed by atoms with E-state index in [1.165, 1.54) is 11.8 Å². The predicted molar refractivity (Wildman–Crippen MR) is 84.5 cm³/mol. The van der Waals surface area contributed by atoms with Gasteiger partial charge in [-0.25, -0.2) is 0 Å². The molecule has 0 radical (unpaired) electrons. The Bertz CT molecular complexity index is 685. The molecule has 2 aromatic rings. The van der Waals surface area contributed by atoms with Crippen LogP contribution in [0.5, 0.6) is 0 Å². The van der Waals surface area contributed by atoms with Crippen LogP contribution in [-0.2, 0) is 11.8 Å². The highest BCUT2D eigenvalue weighted by Crippen LogP contribution is 2.27. The van der Waals surface area contributed by atoms with Crippen molar-refractivity contribution in [2.45, 2.75) is 4.90 Å². The number of carbonyl (C=O) groups excluding carboxylic acids is 2. The van der Waals surface area contributed by atoms with Gasteiger partial charge in [0.05, 0.1) is 5.75 Å². The third kappa shape index (κ3) is 4.03. The topological polar surface area (TPSA) is 77.1 Å². The molecule has 21 heavy (non-hydrogen) atoms. The van der Waals surface area contributed by atoms with Crippen LogP contribution in [0.4, 0.5) is 5.69 Å². The van der Waals surface area contributed by atoms with Gasteiger partial charge in [0.15, 0.2) is 0 Å². The number of imide groups is 1. The van der Waals surface area contributed by atoms with Gasteiger partial charge in [0, 0.05) is 28.9 Å². The number of nitrogens with two attached hydrogens (primary N) is 1. The quantitative estimate of drug-likeness (QED) is 0.668. The van der Waals surface area contributed by atoms with Crippen molar-refractivity contribution in [3.05, 3.63) is 47.2 Å². The molecule has 110 valence electrons. The number of aryl methyl sites for hydroxylation is 1. The summed E-state index contributed by atoms with van der Waals surface area (Å²) in [5.41, 5.74) is 6.77. The molecule has 1 aromatic carbocycles. The fourth-order valence-corrected chi connectivity index (χ4v) is 2.74.